The average molecular weight is 405 g/mol. The molecule has 0 aliphatic rings. The van der Waals surface area contributed by atoms with Crippen molar-refractivity contribution < 1.29 is 18.0 Å². The van der Waals surface area contributed by atoms with Gasteiger partial charge in [0.2, 0.25) is 0 Å². The Morgan fingerprint density at radius 2 is 1.74 bits per heavy atom. The van der Waals surface area contributed by atoms with Gasteiger partial charge in [0.05, 0.1) is 5.56 Å². The van der Waals surface area contributed by atoms with Crippen LogP contribution in [0.3, 0.4) is 0 Å². The number of carbonyl (C=O) groups is 1. The Bertz CT molecular complexity index is 591. The minimum absolute atomic E-state index is 0.192. The largest absolute Gasteiger partial charge is 0.416 e. The molecular formula is C18H27F3N4OS. The lowest BCUT2D eigenvalue weighted by Gasteiger charge is -2.12. The molecule has 5 nitrogen and oxygen atoms in total. The SMILES string of the molecule is CCNC(=NCCCCSC)NCCNC(=O)c1ccc(C(F)(F)F)cc1. The first-order valence-corrected chi connectivity index (χ1v) is 10.2. The van der Waals surface area contributed by atoms with Crippen LogP contribution in [0.15, 0.2) is 29.3 Å². The van der Waals surface area contributed by atoms with Gasteiger partial charge < -0.3 is 16.0 Å². The number of unbranched alkanes of at least 4 members (excludes halogenated alkanes) is 1. The third kappa shape index (κ3) is 9.55. The fourth-order valence-corrected chi connectivity index (χ4v) is 2.65. The molecule has 0 unspecified atom stereocenters. The molecule has 0 atom stereocenters. The summed E-state index contributed by atoms with van der Waals surface area (Å²) in [6, 6.07) is 4.15. The zero-order chi connectivity index (χ0) is 20.1. The summed E-state index contributed by atoms with van der Waals surface area (Å²) in [4.78, 5) is 16.4. The van der Waals surface area contributed by atoms with E-state index in [0.29, 0.717) is 19.0 Å². The molecular weight excluding hydrogens is 377 g/mol. The van der Waals surface area contributed by atoms with E-state index >= 15 is 0 Å². The first-order valence-electron chi connectivity index (χ1n) is 8.85. The maximum atomic E-state index is 12.5. The molecule has 1 aromatic carbocycles. The summed E-state index contributed by atoms with van der Waals surface area (Å²) in [5.41, 5.74) is -0.581. The number of hydrogen-bond acceptors (Lipinski definition) is 3. The van der Waals surface area contributed by atoms with Crippen molar-refractivity contribution in [2.75, 3.05) is 38.2 Å². The third-order valence-electron chi connectivity index (χ3n) is 3.55. The van der Waals surface area contributed by atoms with Gasteiger partial charge in [-0.15, -0.1) is 0 Å². The summed E-state index contributed by atoms with van der Waals surface area (Å²) in [7, 11) is 0. The molecule has 152 valence electrons. The van der Waals surface area contributed by atoms with Crippen molar-refractivity contribution in [2.24, 2.45) is 4.99 Å². The molecule has 27 heavy (non-hydrogen) atoms. The topological polar surface area (TPSA) is 65.5 Å². The minimum atomic E-state index is -4.41. The predicted octanol–water partition coefficient (Wildman–Crippen LogP) is 3.13. The van der Waals surface area contributed by atoms with Gasteiger partial charge in [-0.05, 0) is 56.0 Å². The molecule has 1 aromatic rings. The quantitative estimate of drug-likeness (QED) is 0.318. The molecule has 0 aliphatic carbocycles. The van der Waals surface area contributed by atoms with E-state index in [0.717, 1.165) is 43.8 Å². The number of nitrogens with zero attached hydrogens (tertiary/aromatic N) is 1. The Morgan fingerprint density at radius 1 is 1.07 bits per heavy atom. The number of thioether (sulfide) groups is 1. The van der Waals surface area contributed by atoms with Gasteiger partial charge in [0.15, 0.2) is 5.96 Å². The third-order valence-corrected chi connectivity index (χ3v) is 4.25. The number of guanidine groups is 1. The van der Waals surface area contributed by atoms with Crippen LogP contribution >= 0.6 is 11.8 Å². The zero-order valence-electron chi connectivity index (χ0n) is 15.7. The molecule has 0 aliphatic heterocycles. The summed E-state index contributed by atoms with van der Waals surface area (Å²) >= 11 is 1.81. The molecule has 9 heteroatoms. The van der Waals surface area contributed by atoms with Crippen LogP contribution in [0.2, 0.25) is 0 Å². The number of halogens is 3. The smallest absolute Gasteiger partial charge is 0.357 e. The summed E-state index contributed by atoms with van der Waals surface area (Å²) in [6.45, 7) is 4.22. The van der Waals surface area contributed by atoms with Gasteiger partial charge >= 0.3 is 6.18 Å². The molecule has 0 bridgehead atoms. The molecule has 0 saturated carbocycles. The average Bonchev–Trinajstić information content (AvgIpc) is 2.64. The van der Waals surface area contributed by atoms with Crippen LogP contribution in [-0.4, -0.2) is 50.1 Å². The van der Waals surface area contributed by atoms with Crippen molar-refractivity contribution >= 4 is 23.6 Å². The second kappa shape index (κ2) is 12.5. The Labute approximate surface area is 162 Å². The van der Waals surface area contributed by atoms with Crippen LogP contribution < -0.4 is 16.0 Å². The molecule has 0 aromatic heterocycles. The molecule has 0 saturated heterocycles. The number of aliphatic imine (C=N–C) groups is 1. The van der Waals surface area contributed by atoms with Gasteiger partial charge in [-0.3, -0.25) is 9.79 Å². The first kappa shape index (κ1) is 23.1. The minimum Gasteiger partial charge on any atom is -0.357 e. The summed E-state index contributed by atoms with van der Waals surface area (Å²) < 4.78 is 37.6. The van der Waals surface area contributed by atoms with Crippen molar-refractivity contribution in [3.05, 3.63) is 35.4 Å². The lowest BCUT2D eigenvalue weighted by Crippen LogP contribution is -2.41. The van der Waals surface area contributed by atoms with E-state index in [1.165, 1.54) is 12.1 Å². The van der Waals surface area contributed by atoms with Gasteiger partial charge in [-0.25, -0.2) is 0 Å². The Morgan fingerprint density at radius 3 is 2.33 bits per heavy atom. The van der Waals surface area contributed by atoms with E-state index in [9.17, 15) is 18.0 Å². The Hall–Kier alpha value is -1.90. The number of hydrogen-bond donors (Lipinski definition) is 3. The monoisotopic (exact) mass is 404 g/mol. The van der Waals surface area contributed by atoms with Crippen LogP contribution in [0.5, 0.6) is 0 Å². The Kier molecular flexibility index (Phi) is 10.7. The second-order valence-electron chi connectivity index (χ2n) is 5.72. The number of alkyl halides is 3. The summed E-state index contributed by atoms with van der Waals surface area (Å²) in [5.74, 6) is 1.39. The summed E-state index contributed by atoms with van der Waals surface area (Å²) in [6.07, 6.45) is -0.195. The number of rotatable bonds is 10. The van der Waals surface area contributed by atoms with Gasteiger partial charge in [-0.1, -0.05) is 0 Å². The van der Waals surface area contributed by atoms with E-state index in [1.54, 1.807) is 0 Å². The molecule has 1 amide bonds. The van der Waals surface area contributed by atoms with Gasteiger partial charge in [0, 0.05) is 31.7 Å². The van der Waals surface area contributed by atoms with Crippen LogP contribution in [0.4, 0.5) is 13.2 Å². The van der Waals surface area contributed by atoms with Crippen LogP contribution in [0.1, 0.15) is 35.7 Å². The van der Waals surface area contributed by atoms with Gasteiger partial charge in [-0.2, -0.15) is 24.9 Å². The fourth-order valence-electron chi connectivity index (χ4n) is 2.16. The highest BCUT2D eigenvalue weighted by Gasteiger charge is 2.30. The standard InChI is InChI=1S/C18H27F3N4OS/c1-3-22-17(24-10-4-5-13-27-2)25-12-11-23-16(26)14-6-8-15(9-7-14)18(19,20)21/h6-9H,3-5,10-13H2,1-2H3,(H,23,26)(H2,22,24,25). The maximum absolute atomic E-state index is 12.5. The molecule has 3 N–H and O–H groups in total. The van der Waals surface area contributed by atoms with Crippen molar-refractivity contribution in [1.82, 2.24) is 16.0 Å². The van der Waals surface area contributed by atoms with Crippen molar-refractivity contribution in [1.29, 1.82) is 0 Å². The highest BCUT2D eigenvalue weighted by molar-refractivity contribution is 7.98. The van der Waals surface area contributed by atoms with Crippen LogP contribution in [-0.2, 0) is 6.18 Å². The number of nitrogens with one attached hydrogen (secondary N) is 3. The molecule has 0 fully saturated rings. The molecule has 0 heterocycles. The highest BCUT2D eigenvalue weighted by Crippen LogP contribution is 2.28. The van der Waals surface area contributed by atoms with Crippen molar-refractivity contribution in [3.8, 4) is 0 Å². The summed E-state index contributed by atoms with van der Waals surface area (Å²) in [5, 5.41) is 8.92. The number of benzene rings is 1. The van der Waals surface area contributed by atoms with Crippen molar-refractivity contribution in [2.45, 2.75) is 25.9 Å². The van der Waals surface area contributed by atoms with Crippen LogP contribution in [0, 0.1) is 0 Å². The normalized spacial score (nSPS) is 12.0. The van der Waals surface area contributed by atoms with E-state index in [4.69, 9.17) is 0 Å². The van der Waals surface area contributed by atoms with E-state index < -0.39 is 17.6 Å². The molecule has 1 rings (SSSR count). The van der Waals surface area contributed by atoms with Crippen LogP contribution in [0.25, 0.3) is 0 Å². The maximum Gasteiger partial charge on any atom is 0.416 e. The van der Waals surface area contributed by atoms with Gasteiger partial charge in [0.25, 0.3) is 5.91 Å². The van der Waals surface area contributed by atoms with E-state index in [1.807, 2.05) is 18.7 Å². The fraction of sp³-hybridized carbons (Fsp3) is 0.556. The molecule has 0 spiro atoms. The highest BCUT2D eigenvalue weighted by atomic mass is 32.2. The Balaban J connectivity index is 2.37. The number of amides is 1. The second-order valence-corrected chi connectivity index (χ2v) is 6.70. The predicted molar refractivity (Wildman–Crippen MR) is 105 cm³/mol. The first-order chi connectivity index (χ1) is 12.9. The lowest BCUT2D eigenvalue weighted by molar-refractivity contribution is -0.137. The van der Waals surface area contributed by atoms with Crippen molar-refractivity contribution in [3.63, 3.8) is 0 Å². The van der Waals surface area contributed by atoms with E-state index in [-0.39, 0.29) is 5.56 Å². The number of carbonyl (C=O) groups excluding carboxylic acids is 1. The molecule has 0 radical (unpaired) electrons. The zero-order valence-corrected chi connectivity index (χ0v) is 16.5. The van der Waals surface area contributed by atoms with Gasteiger partial charge in [0.1, 0.15) is 0 Å². The lowest BCUT2D eigenvalue weighted by atomic mass is 10.1. The van der Waals surface area contributed by atoms with E-state index in [2.05, 4.69) is 27.2 Å².